The van der Waals surface area contributed by atoms with E-state index in [2.05, 4.69) is 28.7 Å². The highest BCUT2D eigenvalue weighted by Crippen LogP contribution is 2.33. The maximum absolute atomic E-state index is 12.0. The quantitative estimate of drug-likeness (QED) is 0.850. The molecule has 0 saturated heterocycles. The van der Waals surface area contributed by atoms with Crippen LogP contribution in [0.5, 0.6) is 0 Å². The van der Waals surface area contributed by atoms with Gasteiger partial charge in [-0.15, -0.1) is 11.3 Å². The topological polar surface area (TPSA) is 85.1 Å². The molecule has 2 heterocycles. The summed E-state index contributed by atoms with van der Waals surface area (Å²) in [5.74, 6) is 0.100. The molecule has 5 nitrogen and oxygen atoms in total. The van der Waals surface area contributed by atoms with Gasteiger partial charge < -0.3 is 11.1 Å². The number of aromatic nitrogens is 1. The standard InChI is InChI=1S/C12H17N3O2S3/c1-3-8-5-6-9(18-8)7-14-12-10(11(13)15-19-12)20(16,17)4-2/h5-6,14H,3-4,7H2,1-2H3,(H2,13,15). The van der Waals surface area contributed by atoms with Crippen molar-refractivity contribution in [2.45, 2.75) is 31.7 Å². The highest BCUT2D eigenvalue weighted by atomic mass is 32.2. The summed E-state index contributed by atoms with van der Waals surface area (Å²) in [6.07, 6.45) is 1.01. The minimum Gasteiger partial charge on any atom is -0.382 e. The molecule has 0 aliphatic heterocycles. The number of nitrogens with zero attached hydrogens (tertiary/aromatic N) is 1. The number of nitrogen functional groups attached to an aromatic ring is 1. The van der Waals surface area contributed by atoms with Gasteiger partial charge in [0.2, 0.25) is 0 Å². The predicted octanol–water partition coefficient (Wildman–Crippen LogP) is 2.75. The normalized spacial score (nSPS) is 11.7. The van der Waals surface area contributed by atoms with Gasteiger partial charge >= 0.3 is 0 Å². The molecule has 0 aliphatic carbocycles. The van der Waals surface area contributed by atoms with Crippen LogP contribution < -0.4 is 11.1 Å². The first-order valence-electron chi connectivity index (χ1n) is 6.27. The summed E-state index contributed by atoms with van der Waals surface area (Å²) in [6.45, 7) is 4.29. The van der Waals surface area contributed by atoms with E-state index in [-0.39, 0.29) is 16.5 Å². The zero-order chi connectivity index (χ0) is 14.8. The molecule has 0 radical (unpaired) electrons. The third-order valence-electron chi connectivity index (χ3n) is 2.85. The summed E-state index contributed by atoms with van der Waals surface area (Å²) in [5.41, 5.74) is 5.68. The van der Waals surface area contributed by atoms with Crippen LogP contribution in [0.15, 0.2) is 17.0 Å². The van der Waals surface area contributed by atoms with Crippen LogP contribution in [-0.4, -0.2) is 18.5 Å². The van der Waals surface area contributed by atoms with Gasteiger partial charge in [-0.25, -0.2) is 8.42 Å². The fourth-order valence-corrected chi connectivity index (χ4v) is 4.79. The zero-order valence-electron chi connectivity index (χ0n) is 11.3. The van der Waals surface area contributed by atoms with Gasteiger partial charge in [0, 0.05) is 9.75 Å². The predicted molar refractivity (Wildman–Crippen MR) is 85.3 cm³/mol. The van der Waals surface area contributed by atoms with E-state index in [1.54, 1.807) is 18.3 Å². The summed E-state index contributed by atoms with van der Waals surface area (Å²) >= 11 is 2.81. The second-order valence-electron chi connectivity index (χ2n) is 4.20. The maximum atomic E-state index is 12.0. The Labute approximate surface area is 126 Å². The number of hydrogen-bond acceptors (Lipinski definition) is 7. The van der Waals surface area contributed by atoms with Crippen LogP contribution in [0.4, 0.5) is 10.8 Å². The first-order valence-corrected chi connectivity index (χ1v) is 9.51. The number of sulfone groups is 1. The largest absolute Gasteiger partial charge is 0.382 e. The maximum Gasteiger partial charge on any atom is 0.184 e. The minimum atomic E-state index is -3.36. The summed E-state index contributed by atoms with van der Waals surface area (Å²) in [5, 5.41) is 3.66. The lowest BCUT2D eigenvalue weighted by molar-refractivity contribution is 0.598. The highest BCUT2D eigenvalue weighted by Gasteiger charge is 2.23. The number of hydrogen-bond donors (Lipinski definition) is 2. The van der Waals surface area contributed by atoms with Crippen LogP contribution >= 0.6 is 22.9 Å². The van der Waals surface area contributed by atoms with E-state index in [0.717, 1.165) is 22.8 Å². The molecule has 0 fully saturated rings. The number of thiophene rings is 1. The van der Waals surface area contributed by atoms with Gasteiger partial charge in [0.15, 0.2) is 15.7 Å². The van der Waals surface area contributed by atoms with Crippen LogP contribution in [-0.2, 0) is 22.8 Å². The fraction of sp³-hybridized carbons (Fsp3) is 0.417. The van der Waals surface area contributed by atoms with Gasteiger partial charge in [-0.2, -0.15) is 4.37 Å². The molecule has 2 aromatic rings. The van der Waals surface area contributed by atoms with Crippen molar-refractivity contribution < 1.29 is 8.42 Å². The molecule has 0 saturated carbocycles. The van der Waals surface area contributed by atoms with E-state index in [9.17, 15) is 8.42 Å². The van der Waals surface area contributed by atoms with Crippen LogP contribution in [0, 0.1) is 0 Å². The fourth-order valence-electron chi connectivity index (χ4n) is 1.73. The minimum absolute atomic E-state index is 0.0171. The van der Waals surface area contributed by atoms with Crippen molar-refractivity contribution >= 4 is 43.5 Å². The Hall–Kier alpha value is -1.12. The lowest BCUT2D eigenvalue weighted by Gasteiger charge is -2.05. The molecule has 0 unspecified atom stereocenters. The molecule has 0 atom stereocenters. The Morgan fingerprint density at radius 1 is 1.30 bits per heavy atom. The lowest BCUT2D eigenvalue weighted by Crippen LogP contribution is -2.09. The van der Waals surface area contributed by atoms with Gasteiger partial charge in [-0.05, 0) is 30.1 Å². The monoisotopic (exact) mass is 331 g/mol. The van der Waals surface area contributed by atoms with Crippen molar-refractivity contribution in [2.24, 2.45) is 0 Å². The van der Waals surface area contributed by atoms with E-state index < -0.39 is 9.84 Å². The molecule has 3 N–H and O–H groups in total. The number of nitrogens with two attached hydrogens (primary N) is 1. The zero-order valence-corrected chi connectivity index (χ0v) is 13.8. The Balaban J connectivity index is 2.18. The van der Waals surface area contributed by atoms with Gasteiger partial charge in [0.1, 0.15) is 9.90 Å². The molecule has 20 heavy (non-hydrogen) atoms. The molecule has 8 heteroatoms. The molecular formula is C12H17N3O2S3. The molecule has 0 spiro atoms. The molecule has 0 bridgehead atoms. The Morgan fingerprint density at radius 2 is 2.00 bits per heavy atom. The Morgan fingerprint density at radius 3 is 2.60 bits per heavy atom. The molecule has 0 aliphatic rings. The molecule has 2 aromatic heterocycles. The smallest absolute Gasteiger partial charge is 0.184 e. The second kappa shape index (κ2) is 6.11. The van der Waals surface area contributed by atoms with E-state index >= 15 is 0 Å². The molecule has 2 rings (SSSR count). The van der Waals surface area contributed by atoms with Gasteiger partial charge in [-0.1, -0.05) is 13.8 Å². The summed E-state index contributed by atoms with van der Waals surface area (Å²) in [4.78, 5) is 2.61. The third-order valence-corrected chi connectivity index (χ3v) is 6.83. The van der Waals surface area contributed by atoms with Crippen molar-refractivity contribution in [1.29, 1.82) is 0 Å². The summed E-state index contributed by atoms with van der Waals surface area (Å²) in [6, 6.07) is 4.14. The molecular weight excluding hydrogens is 314 g/mol. The van der Waals surface area contributed by atoms with E-state index in [1.807, 2.05) is 0 Å². The first-order chi connectivity index (χ1) is 9.47. The first kappa shape index (κ1) is 15.3. The van der Waals surface area contributed by atoms with Crippen LogP contribution in [0.1, 0.15) is 23.6 Å². The van der Waals surface area contributed by atoms with Crippen molar-refractivity contribution in [1.82, 2.24) is 4.37 Å². The molecule has 110 valence electrons. The molecule has 0 aromatic carbocycles. The number of aryl methyl sites for hydroxylation is 1. The van der Waals surface area contributed by atoms with Crippen LogP contribution in [0.25, 0.3) is 0 Å². The lowest BCUT2D eigenvalue weighted by atomic mass is 10.3. The summed E-state index contributed by atoms with van der Waals surface area (Å²) in [7, 11) is -3.36. The van der Waals surface area contributed by atoms with Gasteiger partial charge in [-0.3, -0.25) is 0 Å². The average molecular weight is 331 g/mol. The third kappa shape index (κ3) is 3.13. The van der Waals surface area contributed by atoms with Crippen LogP contribution in [0.3, 0.4) is 0 Å². The highest BCUT2D eigenvalue weighted by molar-refractivity contribution is 7.91. The van der Waals surface area contributed by atoms with Crippen molar-refractivity contribution in [3.8, 4) is 0 Å². The van der Waals surface area contributed by atoms with Crippen molar-refractivity contribution in [3.05, 3.63) is 21.9 Å². The second-order valence-corrected chi connectivity index (χ2v) is 8.45. The average Bonchev–Trinajstić information content (AvgIpc) is 3.03. The Kier molecular flexibility index (Phi) is 4.66. The van der Waals surface area contributed by atoms with E-state index in [1.165, 1.54) is 4.88 Å². The van der Waals surface area contributed by atoms with Crippen molar-refractivity contribution in [2.75, 3.05) is 16.8 Å². The number of rotatable bonds is 6. The van der Waals surface area contributed by atoms with Crippen molar-refractivity contribution in [3.63, 3.8) is 0 Å². The SMILES string of the molecule is CCc1ccc(CNc2snc(N)c2S(=O)(=O)CC)s1. The molecule has 0 amide bonds. The van der Waals surface area contributed by atoms with Gasteiger partial charge in [0.05, 0.1) is 12.3 Å². The number of anilines is 2. The Bertz CT molecular complexity index is 689. The van der Waals surface area contributed by atoms with E-state index in [0.29, 0.717) is 11.5 Å². The number of nitrogens with one attached hydrogen (secondary N) is 1. The summed E-state index contributed by atoms with van der Waals surface area (Å²) < 4.78 is 28.0. The van der Waals surface area contributed by atoms with Crippen LogP contribution in [0.2, 0.25) is 0 Å². The van der Waals surface area contributed by atoms with Gasteiger partial charge in [0.25, 0.3) is 0 Å². The van der Waals surface area contributed by atoms with E-state index in [4.69, 9.17) is 5.73 Å².